The van der Waals surface area contributed by atoms with Crippen LogP contribution >= 0.6 is 0 Å². The molecule has 0 aliphatic carbocycles. The Bertz CT molecular complexity index is 1950. The van der Waals surface area contributed by atoms with Gasteiger partial charge in [0.15, 0.2) is 0 Å². The number of nitrogens with one attached hydrogen (secondary N) is 4. The van der Waals surface area contributed by atoms with Gasteiger partial charge in [-0.1, -0.05) is 44.0 Å². The Morgan fingerprint density at radius 3 is 2.64 bits per heavy atom. The third kappa shape index (κ3) is 9.56. The second kappa shape index (κ2) is 16.9. The predicted octanol–water partition coefficient (Wildman–Crippen LogP) is 4.86. The van der Waals surface area contributed by atoms with Crippen molar-refractivity contribution in [2.24, 2.45) is 16.6 Å². The summed E-state index contributed by atoms with van der Waals surface area (Å²) >= 11 is 0. The minimum absolute atomic E-state index is 0.108. The highest BCUT2D eigenvalue weighted by atomic mass is 16.5. The van der Waals surface area contributed by atoms with Gasteiger partial charge in [0.05, 0.1) is 18.9 Å². The van der Waals surface area contributed by atoms with Gasteiger partial charge in [0, 0.05) is 78.8 Å². The Balaban J connectivity index is 1.27. The summed E-state index contributed by atoms with van der Waals surface area (Å²) in [6.45, 7) is 8.25. The van der Waals surface area contributed by atoms with E-state index in [-0.39, 0.29) is 23.7 Å². The molecule has 0 bridgehead atoms. The van der Waals surface area contributed by atoms with Gasteiger partial charge in [-0.05, 0) is 42.3 Å². The number of benzene rings is 3. The average molecular weight is 676 g/mol. The number of urea groups is 1. The Morgan fingerprint density at radius 1 is 1.12 bits per heavy atom. The Hall–Kier alpha value is -5.97. The van der Waals surface area contributed by atoms with Crippen LogP contribution in [-0.4, -0.2) is 79.1 Å². The molecule has 1 aliphatic heterocycles. The van der Waals surface area contributed by atoms with Gasteiger partial charge in [-0.3, -0.25) is 20.0 Å². The van der Waals surface area contributed by atoms with Crippen LogP contribution in [0, 0.1) is 18.3 Å². The van der Waals surface area contributed by atoms with Crippen molar-refractivity contribution in [2.75, 3.05) is 57.1 Å². The van der Waals surface area contributed by atoms with Gasteiger partial charge in [0.25, 0.3) is 5.91 Å². The molecule has 0 atom stereocenters. The molecule has 1 fully saturated rings. The molecule has 2 heterocycles. The molecule has 0 unspecified atom stereocenters. The number of morpholine rings is 1. The third-order valence-corrected chi connectivity index (χ3v) is 7.86. The van der Waals surface area contributed by atoms with Gasteiger partial charge in [-0.2, -0.15) is 4.98 Å². The van der Waals surface area contributed by atoms with Crippen molar-refractivity contribution in [2.45, 2.75) is 13.8 Å². The summed E-state index contributed by atoms with van der Waals surface area (Å²) in [6.07, 6.45) is 8.91. The van der Waals surface area contributed by atoms with E-state index in [1.807, 2.05) is 38.1 Å². The number of amides is 3. The van der Waals surface area contributed by atoms with Gasteiger partial charge in [-0.15, -0.1) is 6.42 Å². The van der Waals surface area contributed by atoms with E-state index in [9.17, 15) is 9.59 Å². The molecule has 0 spiro atoms. The van der Waals surface area contributed by atoms with Crippen molar-refractivity contribution in [1.29, 1.82) is 0 Å². The number of carbonyl (C=O) groups is 2. The fraction of sp³-hybridized carbons (Fsp3) is 0.270. The second-order valence-corrected chi connectivity index (χ2v) is 11.7. The summed E-state index contributed by atoms with van der Waals surface area (Å²) < 4.78 is 11.6. The van der Waals surface area contributed by atoms with E-state index >= 15 is 0 Å². The number of aliphatic imine (C=N–C) groups is 1. The van der Waals surface area contributed by atoms with Crippen molar-refractivity contribution in [1.82, 2.24) is 25.5 Å². The monoisotopic (exact) mass is 675 g/mol. The molecule has 5 rings (SSSR count). The fourth-order valence-electron chi connectivity index (χ4n) is 5.09. The van der Waals surface area contributed by atoms with E-state index in [4.69, 9.17) is 21.6 Å². The van der Waals surface area contributed by atoms with Crippen molar-refractivity contribution >= 4 is 45.9 Å². The number of nitrogens with two attached hydrogens (primary N) is 1. The highest BCUT2D eigenvalue weighted by Crippen LogP contribution is 2.34. The number of rotatable bonds is 11. The van der Waals surface area contributed by atoms with Gasteiger partial charge in [0.2, 0.25) is 11.8 Å². The predicted molar refractivity (Wildman–Crippen MR) is 196 cm³/mol. The number of amidine groups is 1. The number of nitrogens with zero attached hydrogens (tertiary/aromatic N) is 4. The zero-order chi connectivity index (χ0) is 35.5. The number of hydrogen-bond acceptors (Lipinski definition) is 10. The number of allylic oxidation sites excluding steroid dienone is 1. The first-order valence-electron chi connectivity index (χ1n) is 16.2. The first-order valence-corrected chi connectivity index (χ1v) is 16.2. The normalized spacial score (nSPS) is 13.8. The van der Waals surface area contributed by atoms with Crippen LogP contribution in [0.5, 0.6) is 11.6 Å². The summed E-state index contributed by atoms with van der Waals surface area (Å²) in [5.41, 5.74) is 8.71. The molecule has 0 radical (unpaired) electrons. The number of terminal acetylenes is 1. The van der Waals surface area contributed by atoms with Crippen LogP contribution in [0.1, 0.15) is 29.8 Å². The third-order valence-electron chi connectivity index (χ3n) is 7.86. The lowest BCUT2D eigenvalue weighted by Gasteiger charge is -2.26. The van der Waals surface area contributed by atoms with Crippen molar-refractivity contribution in [3.05, 3.63) is 89.8 Å². The smallest absolute Gasteiger partial charge is 0.324 e. The van der Waals surface area contributed by atoms with Crippen LogP contribution in [0.2, 0.25) is 0 Å². The van der Waals surface area contributed by atoms with Crippen molar-refractivity contribution < 1.29 is 19.1 Å². The molecule has 1 aromatic heterocycles. The molecule has 1 saturated heterocycles. The molecule has 0 saturated carbocycles. The van der Waals surface area contributed by atoms with Crippen molar-refractivity contribution in [3.63, 3.8) is 0 Å². The molecular weight excluding hydrogens is 634 g/mol. The maximum atomic E-state index is 13.0. The zero-order valence-electron chi connectivity index (χ0n) is 28.3. The first-order chi connectivity index (χ1) is 24.2. The minimum atomic E-state index is -0.466. The molecule has 1 aliphatic rings. The standard InChI is InChI=1S/C37H41N9O4/c1-5-25-20-26(35(47)40-14-15-46-16-18-49-19-17-46)22-27(21-25)42-36-41-13-12-34(45-36)50-32-11-10-31(28-8-6-7-9-29(28)32)43-37(48)44-33(39-4)23-30(38)24(2)3/h1,6-13,20-24H,14-19,38H2,2-4H3,(H,40,47)(H,41,42,45)(H2,39,43,44,48). The fourth-order valence-corrected chi connectivity index (χ4v) is 5.09. The van der Waals surface area contributed by atoms with Gasteiger partial charge in [-0.25, -0.2) is 9.78 Å². The second-order valence-electron chi connectivity index (χ2n) is 11.7. The number of carbonyl (C=O) groups excluding carboxylic acids is 2. The van der Waals surface area contributed by atoms with E-state index in [2.05, 4.69) is 47.0 Å². The Labute approximate surface area is 291 Å². The van der Waals surface area contributed by atoms with Crippen LogP contribution in [0.25, 0.3) is 10.8 Å². The summed E-state index contributed by atoms with van der Waals surface area (Å²) in [5.74, 6) is 3.87. The number of hydrogen-bond donors (Lipinski definition) is 5. The number of anilines is 3. The molecule has 13 nitrogen and oxygen atoms in total. The SMILES string of the molecule is C#Cc1cc(Nc2nccc(Oc3ccc(NC(=O)NC(C=C(N)C(C)C)=NC)c4ccccc34)n2)cc(C(=O)NCCN2CCOCC2)c1. The quantitative estimate of drug-likeness (QED) is 0.0848. The summed E-state index contributed by atoms with van der Waals surface area (Å²) in [7, 11) is 1.58. The minimum Gasteiger partial charge on any atom is -0.438 e. The van der Waals surface area contributed by atoms with Crippen LogP contribution in [0.4, 0.5) is 22.1 Å². The van der Waals surface area contributed by atoms with Gasteiger partial charge >= 0.3 is 6.03 Å². The van der Waals surface area contributed by atoms with E-state index in [0.29, 0.717) is 59.5 Å². The van der Waals surface area contributed by atoms with Gasteiger partial charge in [0.1, 0.15) is 11.6 Å². The van der Waals surface area contributed by atoms with E-state index < -0.39 is 6.03 Å². The number of ether oxygens (including phenoxy) is 2. The van der Waals surface area contributed by atoms with Crippen LogP contribution in [0.3, 0.4) is 0 Å². The molecule has 3 amide bonds. The lowest BCUT2D eigenvalue weighted by atomic mass is 10.1. The zero-order valence-corrected chi connectivity index (χ0v) is 28.3. The summed E-state index contributed by atoms with van der Waals surface area (Å²) in [6, 6.07) is 17.3. The first kappa shape index (κ1) is 35.3. The topological polar surface area (TPSA) is 168 Å². The van der Waals surface area contributed by atoms with Crippen LogP contribution < -0.4 is 31.7 Å². The van der Waals surface area contributed by atoms with E-state index in [1.165, 1.54) is 0 Å². The largest absolute Gasteiger partial charge is 0.438 e. The molecule has 4 aromatic rings. The molecular formula is C37H41N9O4. The highest BCUT2D eigenvalue weighted by Gasteiger charge is 2.15. The number of fused-ring (bicyclic) bond motifs is 1. The Morgan fingerprint density at radius 2 is 1.90 bits per heavy atom. The highest BCUT2D eigenvalue weighted by molar-refractivity contribution is 6.11. The maximum absolute atomic E-state index is 13.0. The molecule has 3 aromatic carbocycles. The lowest BCUT2D eigenvalue weighted by Crippen LogP contribution is -2.41. The maximum Gasteiger partial charge on any atom is 0.324 e. The van der Waals surface area contributed by atoms with Crippen LogP contribution in [0.15, 0.2) is 83.6 Å². The van der Waals surface area contributed by atoms with E-state index in [0.717, 1.165) is 30.4 Å². The molecule has 6 N–H and O–H groups in total. The number of aromatic nitrogens is 2. The molecule has 13 heteroatoms. The van der Waals surface area contributed by atoms with Crippen molar-refractivity contribution in [3.8, 4) is 24.0 Å². The molecule has 258 valence electrons. The molecule has 50 heavy (non-hydrogen) atoms. The summed E-state index contributed by atoms with van der Waals surface area (Å²) in [5, 5.41) is 13.2. The lowest BCUT2D eigenvalue weighted by molar-refractivity contribution is 0.0383. The summed E-state index contributed by atoms with van der Waals surface area (Å²) in [4.78, 5) is 41.1. The Kier molecular flexibility index (Phi) is 12.0. The average Bonchev–Trinajstić information content (AvgIpc) is 3.12. The van der Waals surface area contributed by atoms with E-state index in [1.54, 1.807) is 55.7 Å². The van der Waals surface area contributed by atoms with Gasteiger partial charge < -0.3 is 31.2 Å². The van der Waals surface area contributed by atoms with Crippen LogP contribution in [-0.2, 0) is 4.74 Å².